The summed E-state index contributed by atoms with van der Waals surface area (Å²) >= 11 is 1.39. The highest BCUT2D eigenvalue weighted by atomic mass is 32.1. The van der Waals surface area contributed by atoms with Crippen LogP contribution in [0, 0.1) is 5.92 Å². The van der Waals surface area contributed by atoms with Gasteiger partial charge in [0, 0.05) is 42.8 Å². The molecule has 0 spiro atoms. The molecule has 3 aromatic rings. The molecule has 0 bridgehead atoms. The van der Waals surface area contributed by atoms with Gasteiger partial charge in [-0.05, 0) is 36.3 Å². The van der Waals surface area contributed by atoms with Gasteiger partial charge in [-0.15, -0.1) is 11.3 Å². The number of aromatic nitrogens is 3. The van der Waals surface area contributed by atoms with Crippen LogP contribution < -0.4 is 0 Å². The number of hydrogen-bond donors (Lipinski definition) is 1. The van der Waals surface area contributed by atoms with E-state index in [4.69, 9.17) is 0 Å². The van der Waals surface area contributed by atoms with Crippen molar-refractivity contribution >= 4 is 28.3 Å². The van der Waals surface area contributed by atoms with Gasteiger partial charge in [0.15, 0.2) is 5.01 Å². The molecule has 1 aliphatic rings. The summed E-state index contributed by atoms with van der Waals surface area (Å²) < 4.78 is 0. The fourth-order valence-corrected chi connectivity index (χ4v) is 4.57. The summed E-state index contributed by atoms with van der Waals surface area (Å²) in [5.41, 5.74) is 4.06. The van der Waals surface area contributed by atoms with Crippen LogP contribution in [0.1, 0.15) is 53.9 Å². The Hall–Kier alpha value is -2.21. The molecule has 3 heterocycles. The number of nitrogens with zero attached hydrogens (tertiary/aromatic N) is 3. The molecule has 0 unspecified atom stereocenters. The lowest BCUT2D eigenvalue weighted by molar-refractivity contribution is 0.0827. The van der Waals surface area contributed by atoms with E-state index in [1.165, 1.54) is 42.6 Å². The van der Waals surface area contributed by atoms with Crippen LogP contribution >= 0.6 is 11.3 Å². The maximum absolute atomic E-state index is 12.1. The number of amides is 1. The molecule has 1 saturated carbocycles. The van der Waals surface area contributed by atoms with Crippen molar-refractivity contribution in [3.63, 3.8) is 0 Å². The predicted octanol–water partition coefficient (Wildman–Crippen LogP) is 4.68. The molecular weight excluding hydrogens is 344 g/mol. The summed E-state index contributed by atoms with van der Waals surface area (Å²) in [5, 5.41) is 3.56. The van der Waals surface area contributed by atoms with Gasteiger partial charge in [-0.2, -0.15) is 0 Å². The molecule has 5 nitrogen and oxygen atoms in total. The van der Waals surface area contributed by atoms with Crippen molar-refractivity contribution in [2.75, 3.05) is 14.1 Å². The summed E-state index contributed by atoms with van der Waals surface area (Å²) in [5.74, 6) is 1.39. The van der Waals surface area contributed by atoms with Crippen LogP contribution in [0.2, 0.25) is 0 Å². The number of hydrogen-bond acceptors (Lipinski definition) is 4. The van der Waals surface area contributed by atoms with E-state index >= 15 is 0 Å². The zero-order valence-electron chi connectivity index (χ0n) is 15.5. The van der Waals surface area contributed by atoms with Crippen molar-refractivity contribution in [2.45, 2.75) is 38.5 Å². The van der Waals surface area contributed by atoms with Crippen molar-refractivity contribution in [1.82, 2.24) is 19.9 Å². The van der Waals surface area contributed by atoms with Crippen LogP contribution in [0.15, 0.2) is 23.8 Å². The summed E-state index contributed by atoms with van der Waals surface area (Å²) in [6, 6.07) is 2.27. The molecule has 1 amide bonds. The van der Waals surface area contributed by atoms with E-state index in [0.29, 0.717) is 10.9 Å². The molecule has 0 saturated heterocycles. The number of pyridine rings is 1. The fraction of sp³-hybridized carbons (Fsp3) is 0.450. The smallest absolute Gasteiger partial charge is 0.282 e. The number of aromatic amines is 1. The fourth-order valence-electron chi connectivity index (χ4n) is 3.74. The van der Waals surface area contributed by atoms with Gasteiger partial charge in [-0.3, -0.25) is 4.79 Å². The molecule has 136 valence electrons. The maximum Gasteiger partial charge on any atom is 0.282 e. The lowest BCUT2D eigenvalue weighted by Gasteiger charge is -2.26. The minimum absolute atomic E-state index is 0.0590. The monoisotopic (exact) mass is 368 g/mol. The SMILES string of the molecule is CC1CCC(c2cnc3[nH]cc(-c4csc(C(=O)N(C)C)n4)c3c2)CC1. The van der Waals surface area contributed by atoms with E-state index in [1.54, 1.807) is 19.0 Å². The third-order valence-corrected chi connectivity index (χ3v) is 6.24. The second-order valence-electron chi connectivity index (χ2n) is 7.56. The molecular formula is C20H24N4OS. The number of carbonyl (C=O) groups excluding carboxylic acids is 1. The van der Waals surface area contributed by atoms with Crippen molar-refractivity contribution in [1.29, 1.82) is 0 Å². The molecule has 1 aliphatic carbocycles. The lowest BCUT2D eigenvalue weighted by atomic mass is 9.80. The largest absolute Gasteiger partial charge is 0.345 e. The van der Waals surface area contributed by atoms with E-state index in [9.17, 15) is 4.79 Å². The van der Waals surface area contributed by atoms with E-state index in [2.05, 4.69) is 27.9 Å². The first-order valence-electron chi connectivity index (χ1n) is 9.17. The van der Waals surface area contributed by atoms with Gasteiger partial charge in [0.25, 0.3) is 5.91 Å². The normalized spacial score (nSPS) is 20.4. The highest BCUT2D eigenvalue weighted by molar-refractivity contribution is 7.12. The molecule has 4 rings (SSSR count). The van der Waals surface area contributed by atoms with E-state index in [0.717, 1.165) is 28.2 Å². The molecule has 26 heavy (non-hydrogen) atoms. The number of nitrogens with one attached hydrogen (secondary N) is 1. The molecule has 0 atom stereocenters. The van der Waals surface area contributed by atoms with Gasteiger partial charge in [0.05, 0.1) is 5.69 Å². The first-order valence-corrected chi connectivity index (χ1v) is 10.1. The number of carbonyl (C=O) groups is 1. The standard InChI is InChI=1S/C20H24N4OS/c1-12-4-6-13(7-5-12)14-8-15-16(10-22-18(15)21-9-14)17-11-26-19(23-17)20(25)24(2)3/h8-13H,4-7H2,1-3H3,(H,21,22). The van der Waals surface area contributed by atoms with Crippen molar-refractivity contribution < 1.29 is 4.79 Å². The molecule has 0 aromatic carbocycles. The Balaban J connectivity index is 1.68. The van der Waals surface area contributed by atoms with Crippen molar-refractivity contribution in [3.8, 4) is 11.3 Å². The van der Waals surface area contributed by atoms with Crippen molar-refractivity contribution in [3.05, 3.63) is 34.4 Å². The lowest BCUT2D eigenvalue weighted by Crippen LogP contribution is -2.21. The number of H-pyrrole nitrogens is 1. The topological polar surface area (TPSA) is 61.9 Å². The van der Waals surface area contributed by atoms with Crippen LogP contribution in [0.5, 0.6) is 0 Å². The molecule has 3 aromatic heterocycles. The van der Waals surface area contributed by atoms with Gasteiger partial charge in [0.1, 0.15) is 5.65 Å². The third kappa shape index (κ3) is 3.14. The molecule has 0 radical (unpaired) electrons. The predicted molar refractivity (Wildman–Crippen MR) is 106 cm³/mol. The minimum Gasteiger partial charge on any atom is -0.345 e. The Morgan fingerprint density at radius 3 is 2.77 bits per heavy atom. The van der Waals surface area contributed by atoms with E-state index in [1.807, 2.05) is 17.8 Å². The second-order valence-corrected chi connectivity index (χ2v) is 8.42. The number of rotatable bonds is 3. The average Bonchev–Trinajstić information content (AvgIpc) is 3.27. The number of fused-ring (bicyclic) bond motifs is 1. The highest BCUT2D eigenvalue weighted by Gasteiger charge is 2.21. The van der Waals surface area contributed by atoms with Crippen LogP contribution in [0.3, 0.4) is 0 Å². The first kappa shape index (κ1) is 17.2. The third-order valence-electron chi connectivity index (χ3n) is 5.41. The van der Waals surface area contributed by atoms with Gasteiger partial charge >= 0.3 is 0 Å². The molecule has 6 heteroatoms. The van der Waals surface area contributed by atoms with Gasteiger partial charge in [0.2, 0.25) is 0 Å². The summed E-state index contributed by atoms with van der Waals surface area (Å²) in [7, 11) is 3.49. The average molecular weight is 369 g/mol. The van der Waals surface area contributed by atoms with Crippen LogP contribution in [0.4, 0.5) is 0 Å². The Morgan fingerprint density at radius 1 is 1.27 bits per heavy atom. The van der Waals surface area contributed by atoms with Crippen LogP contribution in [-0.4, -0.2) is 39.9 Å². The Bertz CT molecular complexity index is 934. The summed E-state index contributed by atoms with van der Waals surface area (Å²) in [6.45, 7) is 2.34. The van der Waals surface area contributed by atoms with Crippen LogP contribution in [0.25, 0.3) is 22.3 Å². The first-order chi connectivity index (χ1) is 12.5. The Kier molecular flexibility index (Phi) is 4.53. The molecule has 0 aliphatic heterocycles. The second kappa shape index (κ2) is 6.83. The summed E-state index contributed by atoms with van der Waals surface area (Å²) in [6.07, 6.45) is 9.04. The zero-order valence-corrected chi connectivity index (χ0v) is 16.3. The highest BCUT2D eigenvalue weighted by Crippen LogP contribution is 2.37. The van der Waals surface area contributed by atoms with Crippen LogP contribution in [-0.2, 0) is 0 Å². The Labute approximate surface area is 157 Å². The minimum atomic E-state index is -0.0590. The van der Waals surface area contributed by atoms with E-state index in [-0.39, 0.29) is 5.91 Å². The van der Waals surface area contributed by atoms with Gasteiger partial charge < -0.3 is 9.88 Å². The van der Waals surface area contributed by atoms with Gasteiger partial charge in [-0.25, -0.2) is 9.97 Å². The number of thiazole rings is 1. The molecule has 1 N–H and O–H groups in total. The van der Waals surface area contributed by atoms with Gasteiger partial charge in [-0.1, -0.05) is 19.8 Å². The maximum atomic E-state index is 12.1. The van der Waals surface area contributed by atoms with Crippen molar-refractivity contribution in [2.24, 2.45) is 5.92 Å². The van der Waals surface area contributed by atoms with E-state index < -0.39 is 0 Å². The zero-order chi connectivity index (χ0) is 18.3. The summed E-state index contributed by atoms with van der Waals surface area (Å²) in [4.78, 5) is 26.1. The quantitative estimate of drug-likeness (QED) is 0.730. The molecule has 1 fully saturated rings. The Morgan fingerprint density at radius 2 is 2.04 bits per heavy atom.